The van der Waals surface area contributed by atoms with Gasteiger partial charge in [0, 0.05) is 18.2 Å². The summed E-state index contributed by atoms with van der Waals surface area (Å²) in [5.74, 6) is -1.43. The van der Waals surface area contributed by atoms with Crippen LogP contribution in [-0.4, -0.2) is 41.1 Å². The lowest BCUT2D eigenvalue weighted by Gasteiger charge is -2.21. The standard InChI is InChI=1S/C13H24N2O4S/c1-9(20-4)5-6-14-12(19)15-10(16)7-13(2,3)8-11(17)18/h9H,5-8H2,1-4H3,(H,17,18)(H2,14,15,16,19). The highest BCUT2D eigenvalue weighted by Gasteiger charge is 2.25. The number of rotatable bonds is 8. The summed E-state index contributed by atoms with van der Waals surface area (Å²) in [7, 11) is 0. The summed E-state index contributed by atoms with van der Waals surface area (Å²) in [6.45, 7) is 5.92. The van der Waals surface area contributed by atoms with Crippen molar-refractivity contribution >= 4 is 29.7 Å². The lowest BCUT2D eigenvalue weighted by molar-refractivity contribution is -0.139. The highest BCUT2D eigenvalue weighted by atomic mass is 32.2. The maximum absolute atomic E-state index is 11.6. The second kappa shape index (κ2) is 8.84. The summed E-state index contributed by atoms with van der Waals surface area (Å²) >= 11 is 1.71. The van der Waals surface area contributed by atoms with E-state index in [1.807, 2.05) is 6.26 Å². The summed E-state index contributed by atoms with van der Waals surface area (Å²) in [5.41, 5.74) is -0.677. The van der Waals surface area contributed by atoms with Crippen LogP contribution in [0.15, 0.2) is 0 Å². The van der Waals surface area contributed by atoms with Gasteiger partial charge in [0.05, 0.1) is 6.42 Å². The van der Waals surface area contributed by atoms with Gasteiger partial charge in [-0.3, -0.25) is 14.9 Å². The van der Waals surface area contributed by atoms with E-state index in [1.165, 1.54) is 0 Å². The normalized spacial score (nSPS) is 12.6. The summed E-state index contributed by atoms with van der Waals surface area (Å²) in [5, 5.41) is 14.0. The second-order valence-electron chi connectivity index (χ2n) is 5.55. The van der Waals surface area contributed by atoms with Crippen LogP contribution in [0.1, 0.15) is 40.0 Å². The Morgan fingerprint density at radius 3 is 2.35 bits per heavy atom. The molecule has 0 spiro atoms. The van der Waals surface area contributed by atoms with Gasteiger partial charge in [0.25, 0.3) is 0 Å². The molecule has 0 saturated carbocycles. The number of carbonyl (C=O) groups excluding carboxylic acids is 2. The van der Waals surface area contributed by atoms with Crippen LogP contribution in [0.3, 0.4) is 0 Å². The summed E-state index contributed by atoms with van der Waals surface area (Å²) < 4.78 is 0. The van der Waals surface area contributed by atoms with Gasteiger partial charge in [0.15, 0.2) is 0 Å². The summed E-state index contributed by atoms with van der Waals surface area (Å²) in [4.78, 5) is 33.7. The lowest BCUT2D eigenvalue weighted by Crippen LogP contribution is -2.41. The predicted octanol–water partition coefficient (Wildman–Crippen LogP) is 1.84. The molecule has 0 aliphatic rings. The number of thioether (sulfide) groups is 1. The second-order valence-corrected chi connectivity index (χ2v) is 6.83. The van der Waals surface area contributed by atoms with Gasteiger partial charge in [-0.05, 0) is 18.1 Å². The molecule has 0 fully saturated rings. The molecule has 0 aliphatic heterocycles. The minimum atomic E-state index is -0.960. The van der Waals surface area contributed by atoms with Gasteiger partial charge in [-0.2, -0.15) is 11.8 Å². The molecule has 0 aliphatic carbocycles. The average molecular weight is 304 g/mol. The van der Waals surface area contributed by atoms with E-state index in [2.05, 4.69) is 17.6 Å². The van der Waals surface area contributed by atoms with Crippen molar-refractivity contribution in [1.82, 2.24) is 10.6 Å². The van der Waals surface area contributed by atoms with E-state index >= 15 is 0 Å². The smallest absolute Gasteiger partial charge is 0.321 e. The van der Waals surface area contributed by atoms with Crippen molar-refractivity contribution in [1.29, 1.82) is 0 Å². The maximum Gasteiger partial charge on any atom is 0.321 e. The van der Waals surface area contributed by atoms with Crippen LogP contribution < -0.4 is 10.6 Å². The third-order valence-corrected chi connectivity index (χ3v) is 3.80. The summed E-state index contributed by atoms with van der Waals surface area (Å²) in [6, 6.07) is -0.533. The number of nitrogens with one attached hydrogen (secondary N) is 2. The van der Waals surface area contributed by atoms with Crippen molar-refractivity contribution < 1.29 is 19.5 Å². The number of urea groups is 1. The quantitative estimate of drug-likeness (QED) is 0.636. The number of imide groups is 1. The number of amides is 3. The third-order valence-electron chi connectivity index (χ3n) is 2.76. The third kappa shape index (κ3) is 9.66. The highest BCUT2D eigenvalue weighted by molar-refractivity contribution is 7.99. The van der Waals surface area contributed by atoms with Crippen LogP contribution in [0.25, 0.3) is 0 Å². The van der Waals surface area contributed by atoms with E-state index in [-0.39, 0.29) is 12.8 Å². The number of aliphatic carboxylic acids is 1. The SMILES string of the molecule is CSC(C)CCNC(=O)NC(=O)CC(C)(C)CC(=O)O. The Kier molecular flexibility index (Phi) is 8.29. The largest absolute Gasteiger partial charge is 0.481 e. The Hall–Kier alpha value is -1.24. The zero-order valence-electron chi connectivity index (χ0n) is 12.5. The van der Waals surface area contributed by atoms with E-state index in [1.54, 1.807) is 25.6 Å². The van der Waals surface area contributed by atoms with Crippen molar-refractivity contribution in [3.63, 3.8) is 0 Å². The molecular formula is C13H24N2O4S. The molecule has 6 nitrogen and oxygen atoms in total. The Morgan fingerprint density at radius 2 is 1.85 bits per heavy atom. The van der Waals surface area contributed by atoms with Crippen molar-refractivity contribution in [3.05, 3.63) is 0 Å². The lowest BCUT2D eigenvalue weighted by atomic mass is 9.85. The van der Waals surface area contributed by atoms with Crippen LogP contribution in [0.5, 0.6) is 0 Å². The van der Waals surface area contributed by atoms with Gasteiger partial charge in [0.1, 0.15) is 0 Å². The molecule has 0 aromatic rings. The maximum atomic E-state index is 11.6. The Bertz CT molecular complexity index is 358. The Morgan fingerprint density at radius 1 is 1.25 bits per heavy atom. The van der Waals surface area contributed by atoms with Crippen molar-refractivity contribution in [2.45, 2.75) is 45.3 Å². The Balaban J connectivity index is 4.02. The van der Waals surface area contributed by atoms with Gasteiger partial charge in [-0.25, -0.2) is 4.79 Å². The fourth-order valence-corrected chi connectivity index (χ4v) is 1.98. The molecule has 0 bridgehead atoms. The first-order valence-corrected chi connectivity index (χ1v) is 7.77. The molecule has 0 heterocycles. The van der Waals surface area contributed by atoms with Crippen LogP contribution in [0, 0.1) is 5.41 Å². The topological polar surface area (TPSA) is 95.5 Å². The fraction of sp³-hybridized carbons (Fsp3) is 0.769. The molecule has 20 heavy (non-hydrogen) atoms. The molecule has 0 saturated heterocycles. The van der Waals surface area contributed by atoms with Crippen LogP contribution in [-0.2, 0) is 9.59 Å². The van der Waals surface area contributed by atoms with Crippen LogP contribution in [0.2, 0.25) is 0 Å². The minimum absolute atomic E-state index is 0.00602. The van der Waals surface area contributed by atoms with E-state index in [9.17, 15) is 14.4 Å². The van der Waals surface area contributed by atoms with E-state index in [0.717, 1.165) is 6.42 Å². The molecule has 7 heteroatoms. The van der Waals surface area contributed by atoms with Gasteiger partial charge >= 0.3 is 12.0 Å². The molecule has 0 aromatic carbocycles. The number of hydrogen-bond acceptors (Lipinski definition) is 4. The molecule has 0 aromatic heterocycles. The van der Waals surface area contributed by atoms with Crippen LogP contribution >= 0.6 is 11.8 Å². The number of carboxylic acids is 1. The Labute approximate surface area is 124 Å². The monoisotopic (exact) mass is 304 g/mol. The molecule has 116 valence electrons. The predicted molar refractivity (Wildman–Crippen MR) is 79.8 cm³/mol. The van der Waals surface area contributed by atoms with Gasteiger partial charge in [0.2, 0.25) is 5.91 Å². The molecule has 3 N–H and O–H groups in total. The molecule has 0 rings (SSSR count). The van der Waals surface area contributed by atoms with Gasteiger partial charge in [-0.15, -0.1) is 0 Å². The van der Waals surface area contributed by atoms with Gasteiger partial charge < -0.3 is 10.4 Å². The first kappa shape index (κ1) is 18.8. The highest BCUT2D eigenvalue weighted by Crippen LogP contribution is 2.24. The molecular weight excluding hydrogens is 280 g/mol. The minimum Gasteiger partial charge on any atom is -0.481 e. The van der Waals surface area contributed by atoms with Crippen molar-refractivity contribution in [3.8, 4) is 0 Å². The van der Waals surface area contributed by atoms with E-state index < -0.39 is 23.3 Å². The summed E-state index contributed by atoms with van der Waals surface area (Å²) in [6.07, 6.45) is 2.70. The first-order chi connectivity index (χ1) is 9.16. The molecule has 1 atom stereocenters. The number of carbonyl (C=O) groups is 3. The first-order valence-electron chi connectivity index (χ1n) is 6.48. The van der Waals surface area contributed by atoms with E-state index in [0.29, 0.717) is 11.8 Å². The number of carboxylic acid groups (broad SMARTS) is 1. The zero-order chi connectivity index (χ0) is 15.8. The molecule has 3 amide bonds. The molecule has 0 radical (unpaired) electrons. The fourth-order valence-electron chi connectivity index (χ4n) is 1.63. The number of hydrogen-bond donors (Lipinski definition) is 3. The van der Waals surface area contributed by atoms with Crippen LogP contribution in [0.4, 0.5) is 4.79 Å². The average Bonchev–Trinajstić information content (AvgIpc) is 2.25. The zero-order valence-corrected chi connectivity index (χ0v) is 13.3. The van der Waals surface area contributed by atoms with Crippen molar-refractivity contribution in [2.24, 2.45) is 5.41 Å². The van der Waals surface area contributed by atoms with Crippen molar-refractivity contribution in [2.75, 3.05) is 12.8 Å². The van der Waals surface area contributed by atoms with Gasteiger partial charge in [-0.1, -0.05) is 20.8 Å². The van der Waals surface area contributed by atoms with E-state index in [4.69, 9.17) is 5.11 Å². The molecule has 1 unspecified atom stereocenters.